The SMILES string of the molecule is [C-]#[N+]c1ccc2c(c1)nc(CCl)n2CCC(C)C. The van der Waals surface area contributed by atoms with Crippen molar-refractivity contribution in [1.82, 2.24) is 9.55 Å². The molecule has 18 heavy (non-hydrogen) atoms. The standard InChI is InChI=1S/C14H16ClN3/c1-10(2)6-7-18-13-5-4-11(16-3)8-12(13)17-14(18)9-15/h4-5,8,10H,6-7,9H2,1-2H3. The molecule has 1 heterocycles. The topological polar surface area (TPSA) is 22.2 Å². The Morgan fingerprint density at radius 3 is 2.83 bits per heavy atom. The lowest BCUT2D eigenvalue weighted by Gasteiger charge is -2.09. The molecule has 0 radical (unpaired) electrons. The van der Waals surface area contributed by atoms with E-state index in [1.807, 2.05) is 18.2 Å². The number of hydrogen-bond donors (Lipinski definition) is 0. The fraction of sp³-hybridized carbons (Fsp3) is 0.429. The maximum Gasteiger partial charge on any atom is 0.189 e. The number of hydrogen-bond acceptors (Lipinski definition) is 1. The molecular formula is C14H16ClN3. The van der Waals surface area contributed by atoms with Crippen LogP contribution in [0.1, 0.15) is 26.1 Å². The molecule has 94 valence electrons. The van der Waals surface area contributed by atoms with Crippen LogP contribution in [0.3, 0.4) is 0 Å². The fourth-order valence-electron chi connectivity index (χ4n) is 1.98. The van der Waals surface area contributed by atoms with Gasteiger partial charge in [-0.25, -0.2) is 9.83 Å². The number of nitrogens with zero attached hydrogens (tertiary/aromatic N) is 3. The van der Waals surface area contributed by atoms with Crippen LogP contribution in [0, 0.1) is 12.5 Å². The summed E-state index contributed by atoms with van der Waals surface area (Å²) in [5.74, 6) is 1.93. The highest BCUT2D eigenvalue weighted by molar-refractivity contribution is 6.16. The van der Waals surface area contributed by atoms with Gasteiger partial charge >= 0.3 is 0 Å². The number of alkyl halides is 1. The molecule has 2 aromatic rings. The second-order valence-corrected chi connectivity index (χ2v) is 5.05. The molecule has 4 heteroatoms. The Labute approximate surface area is 112 Å². The molecule has 2 rings (SSSR count). The number of fused-ring (bicyclic) bond motifs is 1. The van der Waals surface area contributed by atoms with Gasteiger partial charge in [0.2, 0.25) is 0 Å². The lowest BCUT2D eigenvalue weighted by atomic mass is 10.1. The molecule has 0 atom stereocenters. The Bertz CT molecular complexity index is 593. The average Bonchev–Trinajstić information content (AvgIpc) is 2.72. The van der Waals surface area contributed by atoms with Crippen LogP contribution in [0.5, 0.6) is 0 Å². The zero-order valence-corrected chi connectivity index (χ0v) is 11.4. The molecule has 0 unspecified atom stereocenters. The summed E-state index contributed by atoms with van der Waals surface area (Å²) in [4.78, 5) is 7.93. The Balaban J connectivity index is 2.46. The molecular weight excluding hydrogens is 246 g/mol. The minimum absolute atomic E-state index is 0.403. The van der Waals surface area contributed by atoms with E-state index in [0.29, 0.717) is 17.5 Å². The largest absolute Gasteiger partial charge is 0.327 e. The van der Waals surface area contributed by atoms with Crippen molar-refractivity contribution in [2.45, 2.75) is 32.7 Å². The van der Waals surface area contributed by atoms with E-state index in [1.54, 1.807) is 0 Å². The van der Waals surface area contributed by atoms with Crippen molar-refractivity contribution >= 4 is 28.3 Å². The van der Waals surface area contributed by atoms with Crippen molar-refractivity contribution in [2.24, 2.45) is 5.92 Å². The molecule has 0 saturated carbocycles. The molecule has 0 amide bonds. The summed E-state index contributed by atoms with van der Waals surface area (Å²) in [5, 5.41) is 0. The van der Waals surface area contributed by atoms with Crippen molar-refractivity contribution in [3.63, 3.8) is 0 Å². The summed E-state index contributed by atoms with van der Waals surface area (Å²) in [6.07, 6.45) is 1.10. The summed E-state index contributed by atoms with van der Waals surface area (Å²) in [7, 11) is 0. The van der Waals surface area contributed by atoms with Gasteiger partial charge in [-0.05, 0) is 24.5 Å². The number of aromatic nitrogens is 2. The smallest absolute Gasteiger partial charge is 0.189 e. The Kier molecular flexibility index (Phi) is 3.88. The first kappa shape index (κ1) is 12.9. The van der Waals surface area contributed by atoms with E-state index < -0.39 is 0 Å². The van der Waals surface area contributed by atoms with Gasteiger partial charge in [-0.1, -0.05) is 19.9 Å². The van der Waals surface area contributed by atoms with E-state index in [1.165, 1.54) is 0 Å². The minimum Gasteiger partial charge on any atom is -0.327 e. The Morgan fingerprint density at radius 2 is 2.22 bits per heavy atom. The number of benzene rings is 1. The van der Waals surface area contributed by atoms with Gasteiger partial charge in [0.1, 0.15) is 5.82 Å². The van der Waals surface area contributed by atoms with Crippen LogP contribution < -0.4 is 0 Å². The van der Waals surface area contributed by atoms with Gasteiger partial charge in [-0.15, -0.1) is 11.6 Å². The summed E-state index contributed by atoms with van der Waals surface area (Å²) in [6.45, 7) is 12.4. The molecule has 3 nitrogen and oxygen atoms in total. The summed E-state index contributed by atoms with van der Waals surface area (Å²) in [6, 6.07) is 5.62. The second-order valence-electron chi connectivity index (χ2n) is 4.78. The Hall–Kier alpha value is -1.53. The molecule has 0 saturated heterocycles. The van der Waals surface area contributed by atoms with Gasteiger partial charge < -0.3 is 4.57 Å². The van der Waals surface area contributed by atoms with Crippen LogP contribution in [0.25, 0.3) is 15.9 Å². The predicted molar refractivity (Wildman–Crippen MR) is 75.0 cm³/mol. The highest BCUT2D eigenvalue weighted by Crippen LogP contribution is 2.23. The molecule has 0 aliphatic heterocycles. The van der Waals surface area contributed by atoms with E-state index in [0.717, 1.165) is 29.8 Å². The van der Waals surface area contributed by atoms with Gasteiger partial charge in [0.05, 0.1) is 23.5 Å². The van der Waals surface area contributed by atoms with Gasteiger partial charge in [0.15, 0.2) is 5.69 Å². The first-order valence-corrected chi connectivity index (χ1v) is 6.61. The van der Waals surface area contributed by atoms with E-state index in [9.17, 15) is 0 Å². The van der Waals surface area contributed by atoms with Crippen LogP contribution in [-0.2, 0) is 12.4 Å². The molecule has 0 spiro atoms. The van der Waals surface area contributed by atoms with Crippen LogP contribution in [-0.4, -0.2) is 9.55 Å². The average molecular weight is 262 g/mol. The van der Waals surface area contributed by atoms with Gasteiger partial charge in [0.25, 0.3) is 0 Å². The van der Waals surface area contributed by atoms with Crippen LogP contribution in [0.4, 0.5) is 5.69 Å². The maximum absolute atomic E-state index is 7.03. The molecule has 0 aliphatic rings. The number of imidazole rings is 1. The fourth-order valence-corrected chi connectivity index (χ4v) is 2.18. The zero-order chi connectivity index (χ0) is 13.1. The highest BCUT2D eigenvalue weighted by atomic mass is 35.5. The molecule has 0 fully saturated rings. The third kappa shape index (κ3) is 2.49. The quantitative estimate of drug-likeness (QED) is 0.592. The summed E-state index contributed by atoms with van der Waals surface area (Å²) >= 11 is 5.95. The molecule has 1 aromatic heterocycles. The van der Waals surface area contributed by atoms with Crippen molar-refractivity contribution in [1.29, 1.82) is 0 Å². The van der Waals surface area contributed by atoms with Gasteiger partial charge in [0, 0.05) is 6.54 Å². The third-order valence-corrected chi connectivity index (χ3v) is 3.23. The lowest BCUT2D eigenvalue weighted by Crippen LogP contribution is -2.04. The Morgan fingerprint density at radius 1 is 1.44 bits per heavy atom. The van der Waals surface area contributed by atoms with E-state index in [4.69, 9.17) is 18.2 Å². The van der Waals surface area contributed by atoms with E-state index in [2.05, 4.69) is 28.2 Å². The van der Waals surface area contributed by atoms with Crippen LogP contribution in [0.15, 0.2) is 18.2 Å². The highest BCUT2D eigenvalue weighted by Gasteiger charge is 2.10. The molecule has 0 bridgehead atoms. The lowest BCUT2D eigenvalue weighted by molar-refractivity contribution is 0.516. The minimum atomic E-state index is 0.403. The number of rotatable bonds is 4. The van der Waals surface area contributed by atoms with E-state index >= 15 is 0 Å². The zero-order valence-electron chi connectivity index (χ0n) is 10.7. The van der Waals surface area contributed by atoms with Crippen LogP contribution in [0.2, 0.25) is 0 Å². The second kappa shape index (κ2) is 5.41. The first-order chi connectivity index (χ1) is 8.65. The maximum atomic E-state index is 7.03. The summed E-state index contributed by atoms with van der Waals surface area (Å²) < 4.78 is 2.16. The van der Waals surface area contributed by atoms with Gasteiger partial charge in [-0.3, -0.25) is 0 Å². The predicted octanol–water partition coefficient (Wildman–Crippen LogP) is 4.37. The van der Waals surface area contributed by atoms with Crippen molar-refractivity contribution in [3.05, 3.63) is 35.4 Å². The normalized spacial score (nSPS) is 11.1. The molecule has 0 aliphatic carbocycles. The third-order valence-electron chi connectivity index (χ3n) is 2.99. The number of halogens is 1. The van der Waals surface area contributed by atoms with E-state index in [-0.39, 0.29) is 0 Å². The summed E-state index contributed by atoms with van der Waals surface area (Å²) in [5.41, 5.74) is 2.55. The van der Waals surface area contributed by atoms with Crippen LogP contribution >= 0.6 is 11.6 Å². The molecule has 0 N–H and O–H groups in total. The molecule has 1 aromatic carbocycles. The monoisotopic (exact) mass is 261 g/mol. The van der Waals surface area contributed by atoms with Crippen molar-refractivity contribution < 1.29 is 0 Å². The first-order valence-electron chi connectivity index (χ1n) is 6.08. The van der Waals surface area contributed by atoms with Gasteiger partial charge in [-0.2, -0.15) is 0 Å². The number of aryl methyl sites for hydroxylation is 1. The van der Waals surface area contributed by atoms with Crippen molar-refractivity contribution in [2.75, 3.05) is 0 Å². The van der Waals surface area contributed by atoms with Crippen molar-refractivity contribution in [3.8, 4) is 0 Å².